The number of carbonyl (C=O) groups excluding carboxylic acids is 2. The summed E-state index contributed by atoms with van der Waals surface area (Å²) in [6.07, 6.45) is 4.01. The molecule has 0 saturated heterocycles. The number of aryl methyl sites for hydroxylation is 1. The first-order valence-electron chi connectivity index (χ1n) is 9.51. The smallest absolute Gasteiger partial charge is 0.326 e. The molecule has 2 aromatic heterocycles. The number of urea groups is 1. The first-order valence-corrected chi connectivity index (χ1v) is 9.51. The Labute approximate surface area is 167 Å². The summed E-state index contributed by atoms with van der Waals surface area (Å²) in [6.45, 7) is 2.58. The van der Waals surface area contributed by atoms with Crippen molar-refractivity contribution in [3.8, 4) is 0 Å². The molecule has 0 aliphatic carbocycles. The van der Waals surface area contributed by atoms with Gasteiger partial charge in [0.2, 0.25) is 0 Å². The van der Waals surface area contributed by atoms with Gasteiger partial charge in [-0.05, 0) is 36.2 Å². The van der Waals surface area contributed by atoms with Crippen molar-refractivity contribution in [1.29, 1.82) is 0 Å². The van der Waals surface area contributed by atoms with Crippen LogP contribution in [-0.4, -0.2) is 28.5 Å². The molecule has 3 aromatic rings. The number of pyridine rings is 2. The van der Waals surface area contributed by atoms with E-state index in [2.05, 4.69) is 20.6 Å². The van der Waals surface area contributed by atoms with Crippen molar-refractivity contribution in [3.63, 3.8) is 0 Å². The number of amides is 3. The van der Waals surface area contributed by atoms with Gasteiger partial charge in [0, 0.05) is 30.9 Å². The molecule has 5 rings (SSSR count). The molecule has 1 aromatic carbocycles. The van der Waals surface area contributed by atoms with E-state index in [0.29, 0.717) is 23.5 Å². The highest BCUT2D eigenvalue weighted by Crippen LogP contribution is 2.37. The van der Waals surface area contributed by atoms with Gasteiger partial charge in [-0.25, -0.2) is 4.79 Å². The fraction of sp³-hybridized carbons (Fsp3) is 0.182. The van der Waals surface area contributed by atoms with Gasteiger partial charge in [0.1, 0.15) is 5.69 Å². The number of fused-ring (bicyclic) bond motifs is 2. The Morgan fingerprint density at radius 2 is 2.00 bits per heavy atom. The lowest BCUT2D eigenvalue weighted by molar-refractivity contribution is 0.0956. The number of hydrogen-bond acceptors (Lipinski definition) is 4. The summed E-state index contributed by atoms with van der Waals surface area (Å²) < 4.78 is 0. The van der Waals surface area contributed by atoms with Crippen molar-refractivity contribution in [3.05, 3.63) is 82.9 Å². The number of aromatic nitrogens is 2. The maximum atomic E-state index is 13.0. The summed E-state index contributed by atoms with van der Waals surface area (Å²) in [7, 11) is 0. The molecule has 0 spiro atoms. The number of benzene rings is 1. The van der Waals surface area contributed by atoms with Crippen molar-refractivity contribution < 1.29 is 9.59 Å². The highest BCUT2D eigenvalue weighted by Gasteiger charge is 2.35. The third-order valence-corrected chi connectivity index (χ3v) is 5.48. The predicted molar refractivity (Wildman–Crippen MR) is 109 cm³/mol. The molecule has 7 heteroatoms. The zero-order valence-electron chi connectivity index (χ0n) is 15.8. The van der Waals surface area contributed by atoms with Crippen molar-refractivity contribution in [1.82, 2.24) is 15.3 Å². The average molecular weight is 385 g/mol. The zero-order valence-corrected chi connectivity index (χ0v) is 15.8. The first-order chi connectivity index (χ1) is 14.1. The molecule has 7 nitrogen and oxygen atoms in total. The SMILES string of the molecule is Cc1ccccc1C1NC(=O)c2nccc(NC(=O)N3CCc4ncccc43)c21. The maximum Gasteiger partial charge on any atom is 0.326 e. The van der Waals surface area contributed by atoms with E-state index in [9.17, 15) is 9.59 Å². The molecule has 2 N–H and O–H groups in total. The molecule has 2 aliphatic heterocycles. The van der Waals surface area contributed by atoms with Crippen LogP contribution in [0, 0.1) is 6.92 Å². The van der Waals surface area contributed by atoms with E-state index >= 15 is 0 Å². The van der Waals surface area contributed by atoms with Crippen LogP contribution in [0.2, 0.25) is 0 Å². The number of carbonyl (C=O) groups is 2. The van der Waals surface area contributed by atoms with E-state index in [1.54, 1.807) is 23.4 Å². The summed E-state index contributed by atoms with van der Waals surface area (Å²) in [6, 6.07) is 12.7. The molecule has 1 unspecified atom stereocenters. The van der Waals surface area contributed by atoms with Crippen LogP contribution in [0.25, 0.3) is 0 Å². The second-order valence-electron chi connectivity index (χ2n) is 7.18. The maximum absolute atomic E-state index is 13.0. The number of anilines is 2. The third-order valence-electron chi connectivity index (χ3n) is 5.48. The Hall–Kier alpha value is -3.74. The van der Waals surface area contributed by atoms with Crippen molar-refractivity contribution in [2.75, 3.05) is 16.8 Å². The molecule has 1 atom stereocenters. The van der Waals surface area contributed by atoms with Gasteiger partial charge in [-0.1, -0.05) is 24.3 Å². The molecule has 0 bridgehead atoms. The van der Waals surface area contributed by atoms with Gasteiger partial charge in [-0.3, -0.25) is 19.7 Å². The van der Waals surface area contributed by atoms with E-state index in [1.165, 1.54) is 0 Å². The fourth-order valence-electron chi connectivity index (χ4n) is 4.07. The minimum Gasteiger partial charge on any atom is -0.340 e. The first kappa shape index (κ1) is 17.4. The Morgan fingerprint density at radius 3 is 2.86 bits per heavy atom. The molecule has 29 heavy (non-hydrogen) atoms. The third kappa shape index (κ3) is 2.82. The fourth-order valence-corrected chi connectivity index (χ4v) is 4.07. The molecule has 0 fully saturated rings. The largest absolute Gasteiger partial charge is 0.340 e. The normalized spacial score (nSPS) is 16.9. The number of nitrogens with zero attached hydrogens (tertiary/aromatic N) is 3. The van der Waals surface area contributed by atoms with Crippen LogP contribution in [-0.2, 0) is 6.42 Å². The summed E-state index contributed by atoms with van der Waals surface area (Å²) >= 11 is 0. The number of nitrogens with one attached hydrogen (secondary N) is 2. The number of hydrogen-bond donors (Lipinski definition) is 2. The molecular weight excluding hydrogens is 366 g/mol. The Kier molecular flexibility index (Phi) is 4.01. The second-order valence-corrected chi connectivity index (χ2v) is 7.18. The van der Waals surface area contributed by atoms with Crippen LogP contribution >= 0.6 is 0 Å². The Bertz CT molecular complexity index is 1140. The van der Waals surface area contributed by atoms with Crippen LogP contribution in [0.1, 0.15) is 38.9 Å². The topological polar surface area (TPSA) is 87.2 Å². The Morgan fingerprint density at radius 1 is 1.14 bits per heavy atom. The average Bonchev–Trinajstić information content (AvgIpc) is 3.31. The van der Waals surface area contributed by atoms with Gasteiger partial charge < -0.3 is 10.6 Å². The highest BCUT2D eigenvalue weighted by atomic mass is 16.2. The lowest BCUT2D eigenvalue weighted by atomic mass is 9.95. The van der Waals surface area contributed by atoms with Crippen molar-refractivity contribution in [2.45, 2.75) is 19.4 Å². The van der Waals surface area contributed by atoms with Gasteiger partial charge in [0.05, 0.1) is 23.1 Å². The molecule has 144 valence electrons. The van der Waals surface area contributed by atoms with Crippen molar-refractivity contribution >= 4 is 23.3 Å². The van der Waals surface area contributed by atoms with E-state index in [1.807, 2.05) is 43.3 Å². The van der Waals surface area contributed by atoms with Crippen LogP contribution in [0.5, 0.6) is 0 Å². The molecule has 2 aliphatic rings. The van der Waals surface area contributed by atoms with Gasteiger partial charge in [-0.2, -0.15) is 0 Å². The lowest BCUT2D eigenvalue weighted by Gasteiger charge is -2.21. The minimum atomic E-state index is -0.352. The van der Waals surface area contributed by atoms with Gasteiger partial charge in [-0.15, -0.1) is 0 Å². The van der Waals surface area contributed by atoms with E-state index in [4.69, 9.17) is 0 Å². The van der Waals surface area contributed by atoms with E-state index < -0.39 is 0 Å². The second kappa shape index (κ2) is 6.70. The van der Waals surface area contributed by atoms with Gasteiger partial charge >= 0.3 is 6.03 Å². The van der Waals surface area contributed by atoms with Crippen LogP contribution in [0.3, 0.4) is 0 Å². The molecular formula is C22H19N5O2. The predicted octanol–water partition coefficient (Wildman–Crippen LogP) is 3.21. The van der Waals surface area contributed by atoms with E-state index in [0.717, 1.165) is 28.9 Å². The van der Waals surface area contributed by atoms with E-state index in [-0.39, 0.29) is 18.0 Å². The Balaban J connectivity index is 1.51. The summed E-state index contributed by atoms with van der Waals surface area (Å²) in [4.78, 5) is 35.8. The minimum absolute atomic E-state index is 0.236. The van der Waals surface area contributed by atoms with Gasteiger partial charge in [0.25, 0.3) is 5.91 Å². The van der Waals surface area contributed by atoms with Gasteiger partial charge in [0.15, 0.2) is 0 Å². The molecule has 3 amide bonds. The lowest BCUT2D eigenvalue weighted by Crippen LogP contribution is -2.33. The zero-order chi connectivity index (χ0) is 20.0. The summed E-state index contributed by atoms with van der Waals surface area (Å²) in [5.74, 6) is -0.236. The number of rotatable bonds is 2. The quantitative estimate of drug-likeness (QED) is 0.709. The van der Waals surface area contributed by atoms with Crippen molar-refractivity contribution in [2.24, 2.45) is 0 Å². The summed E-state index contributed by atoms with van der Waals surface area (Å²) in [5.41, 5.74) is 5.41. The summed E-state index contributed by atoms with van der Waals surface area (Å²) in [5, 5.41) is 5.99. The monoisotopic (exact) mass is 385 g/mol. The molecule has 0 saturated carbocycles. The van der Waals surface area contributed by atoms with Crippen LogP contribution in [0.15, 0.2) is 54.9 Å². The molecule has 4 heterocycles. The molecule has 0 radical (unpaired) electrons. The highest BCUT2D eigenvalue weighted by molar-refractivity contribution is 6.06. The van der Waals surface area contributed by atoms with Crippen LogP contribution in [0.4, 0.5) is 16.2 Å². The van der Waals surface area contributed by atoms with Crippen LogP contribution < -0.4 is 15.5 Å². The standard InChI is InChI=1S/C22H19N5O2/c1-13-5-2-3-6-14(13)19-18-16(8-11-24-20(18)21(28)26-19)25-22(29)27-12-9-15-17(27)7-4-10-23-15/h2-8,10-11,19H,9,12H2,1H3,(H,26,28)(H,24,25,29).